The Morgan fingerprint density at radius 1 is 1.03 bits per heavy atom. The number of nitrogens with zero attached hydrogens (tertiary/aromatic N) is 1. The maximum Gasteiger partial charge on any atom is 0.320 e. The molecule has 0 aliphatic carbocycles. The number of rotatable bonds is 10. The lowest BCUT2D eigenvalue weighted by Gasteiger charge is -2.21. The summed E-state index contributed by atoms with van der Waals surface area (Å²) in [5.74, 6) is -0.970. The third-order valence-electron chi connectivity index (χ3n) is 4.21. The summed E-state index contributed by atoms with van der Waals surface area (Å²) in [6.45, 7) is 4.24. The fourth-order valence-electron chi connectivity index (χ4n) is 2.72. The van der Waals surface area contributed by atoms with Gasteiger partial charge in [-0.2, -0.15) is 0 Å². The lowest BCUT2D eigenvalue weighted by molar-refractivity contribution is -0.144. The smallest absolute Gasteiger partial charge is 0.320 e. The number of carbonyl (C=O) groups excluding carboxylic acids is 3. The molecule has 0 fully saturated rings. The van der Waals surface area contributed by atoms with Crippen LogP contribution < -0.4 is 5.32 Å². The van der Waals surface area contributed by atoms with Gasteiger partial charge in [0.15, 0.2) is 5.78 Å². The number of anilines is 1. The number of carbonyl (C=O) groups is 3. The van der Waals surface area contributed by atoms with E-state index in [1.807, 2.05) is 0 Å². The minimum Gasteiger partial charge on any atom is -0.465 e. The monoisotopic (exact) mass is 400 g/mol. The predicted molar refractivity (Wildman–Crippen MR) is 108 cm³/mol. The first kappa shape index (κ1) is 22.2. The van der Waals surface area contributed by atoms with Crippen molar-refractivity contribution in [2.24, 2.45) is 0 Å². The molecule has 6 nitrogen and oxygen atoms in total. The van der Waals surface area contributed by atoms with E-state index in [1.54, 1.807) is 48.2 Å². The van der Waals surface area contributed by atoms with Crippen LogP contribution in [0.25, 0.3) is 0 Å². The Bertz CT molecular complexity index is 835. The van der Waals surface area contributed by atoms with E-state index in [9.17, 15) is 18.8 Å². The molecule has 2 aromatic rings. The molecule has 0 bridgehead atoms. The highest BCUT2D eigenvalue weighted by Crippen LogP contribution is 2.11. The Morgan fingerprint density at radius 3 is 2.28 bits per heavy atom. The number of halogens is 1. The quantitative estimate of drug-likeness (QED) is 0.489. The molecule has 7 heteroatoms. The molecule has 0 atom stereocenters. The summed E-state index contributed by atoms with van der Waals surface area (Å²) in [6, 6.07) is 12.6. The topological polar surface area (TPSA) is 75.7 Å². The normalized spacial score (nSPS) is 10.6. The van der Waals surface area contributed by atoms with E-state index in [4.69, 9.17) is 4.74 Å². The van der Waals surface area contributed by atoms with Crippen LogP contribution in [0.3, 0.4) is 0 Å². The van der Waals surface area contributed by atoms with Crippen LogP contribution in [0.1, 0.15) is 36.2 Å². The van der Waals surface area contributed by atoms with Gasteiger partial charge in [0, 0.05) is 30.8 Å². The van der Waals surface area contributed by atoms with E-state index in [1.165, 1.54) is 19.1 Å². The van der Waals surface area contributed by atoms with Crippen molar-refractivity contribution in [2.45, 2.75) is 26.8 Å². The number of hydrogen-bond donors (Lipinski definition) is 1. The number of amides is 1. The second-order valence-corrected chi connectivity index (χ2v) is 6.57. The van der Waals surface area contributed by atoms with Crippen molar-refractivity contribution >= 4 is 23.3 Å². The van der Waals surface area contributed by atoms with Crippen LogP contribution in [0.2, 0.25) is 0 Å². The second kappa shape index (κ2) is 11.1. The molecule has 0 aromatic heterocycles. The predicted octanol–water partition coefficient (Wildman–Crippen LogP) is 3.42. The number of nitrogens with one attached hydrogen (secondary N) is 1. The van der Waals surface area contributed by atoms with Crippen LogP contribution in [0.4, 0.5) is 10.1 Å². The number of ketones is 1. The highest BCUT2D eigenvalue weighted by atomic mass is 19.1. The minimum atomic E-state index is -0.380. The first-order chi connectivity index (χ1) is 13.9. The van der Waals surface area contributed by atoms with Crippen LogP contribution >= 0.6 is 0 Å². The van der Waals surface area contributed by atoms with Gasteiger partial charge in [-0.05, 0) is 55.8 Å². The van der Waals surface area contributed by atoms with Crippen LogP contribution in [-0.4, -0.2) is 42.3 Å². The molecule has 154 valence electrons. The van der Waals surface area contributed by atoms with Crippen molar-refractivity contribution in [3.63, 3.8) is 0 Å². The maximum atomic E-state index is 13.1. The highest BCUT2D eigenvalue weighted by Gasteiger charge is 2.14. The summed E-state index contributed by atoms with van der Waals surface area (Å²) >= 11 is 0. The second-order valence-electron chi connectivity index (χ2n) is 6.57. The largest absolute Gasteiger partial charge is 0.465 e. The van der Waals surface area contributed by atoms with Gasteiger partial charge in [0.05, 0.1) is 13.2 Å². The molecule has 1 N–H and O–H groups in total. The lowest BCUT2D eigenvalue weighted by Crippen LogP contribution is -2.33. The Kier molecular flexibility index (Phi) is 8.48. The van der Waals surface area contributed by atoms with Crippen molar-refractivity contribution in [1.82, 2.24) is 4.90 Å². The van der Waals surface area contributed by atoms with Crippen LogP contribution in [0, 0.1) is 5.82 Å². The zero-order valence-corrected chi connectivity index (χ0v) is 16.6. The van der Waals surface area contributed by atoms with Gasteiger partial charge in [0.25, 0.3) is 0 Å². The van der Waals surface area contributed by atoms with Gasteiger partial charge in [0.1, 0.15) is 5.82 Å². The van der Waals surface area contributed by atoms with E-state index in [0.29, 0.717) is 24.3 Å². The number of ether oxygens (including phenoxy) is 1. The van der Waals surface area contributed by atoms with Crippen molar-refractivity contribution in [2.75, 3.05) is 25.0 Å². The van der Waals surface area contributed by atoms with Crippen LogP contribution in [-0.2, 0) is 20.9 Å². The zero-order chi connectivity index (χ0) is 21.2. The molecular formula is C22H25FN2O4. The molecular weight excluding hydrogens is 375 g/mol. The van der Waals surface area contributed by atoms with Crippen LogP contribution in [0.5, 0.6) is 0 Å². The molecule has 29 heavy (non-hydrogen) atoms. The molecule has 2 rings (SSSR count). The van der Waals surface area contributed by atoms with Crippen molar-refractivity contribution in [1.29, 1.82) is 0 Å². The number of benzene rings is 2. The van der Waals surface area contributed by atoms with Gasteiger partial charge < -0.3 is 10.1 Å². The SMILES string of the molecule is CCOC(=O)CN(CCC(=O)Nc1ccc(C(C)=O)cc1)Cc1ccc(F)cc1. The number of hydrogen-bond acceptors (Lipinski definition) is 5. The Morgan fingerprint density at radius 2 is 1.69 bits per heavy atom. The molecule has 0 aliphatic heterocycles. The number of esters is 1. The molecule has 2 aromatic carbocycles. The molecule has 0 heterocycles. The van der Waals surface area contributed by atoms with Gasteiger partial charge in [-0.15, -0.1) is 0 Å². The minimum absolute atomic E-state index is 0.0335. The third kappa shape index (κ3) is 7.83. The highest BCUT2D eigenvalue weighted by molar-refractivity contribution is 5.95. The summed E-state index contributed by atoms with van der Waals surface area (Å²) in [6.07, 6.45) is 0.162. The third-order valence-corrected chi connectivity index (χ3v) is 4.21. The number of Topliss-reactive ketones (excluding diaryl/α,β-unsaturated/α-hetero) is 1. The van der Waals surface area contributed by atoms with Gasteiger partial charge in [0.2, 0.25) is 5.91 Å². The Labute approximate surface area is 169 Å². The summed E-state index contributed by atoms with van der Waals surface area (Å²) in [5.41, 5.74) is 1.99. The fourth-order valence-corrected chi connectivity index (χ4v) is 2.72. The summed E-state index contributed by atoms with van der Waals surface area (Å²) < 4.78 is 18.1. The molecule has 0 spiro atoms. The zero-order valence-electron chi connectivity index (χ0n) is 16.6. The average molecular weight is 400 g/mol. The molecule has 0 saturated carbocycles. The van der Waals surface area contributed by atoms with E-state index in [2.05, 4.69) is 5.32 Å². The van der Waals surface area contributed by atoms with Gasteiger partial charge in [-0.1, -0.05) is 12.1 Å². The standard InChI is InChI=1S/C22H25FN2O4/c1-3-29-22(28)15-25(14-17-4-8-19(23)9-5-17)13-12-21(27)24-20-10-6-18(7-11-20)16(2)26/h4-11H,3,12-15H2,1-2H3,(H,24,27). The van der Waals surface area contributed by atoms with E-state index in [0.717, 1.165) is 5.56 Å². The van der Waals surface area contributed by atoms with Gasteiger partial charge in [-0.25, -0.2) is 4.39 Å². The fraction of sp³-hybridized carbons (Fsp3) is 0.318. The summed E-state index contributed by atoms with van der Waals surface area (Å²) in [7, 11) is 0. The Balaban J connectivity index is 1.94. The lowest BCUT2D eigenvalue weighted by atomic mass is 10.1. The van der Waals surface area contributed by atoms with E-state index in [-0.39, 0.29) is 43.0 Å². The van der Waals surface area contributed by atoms with Gasteiger partial charge >= 0.3 is 5.97 Å². The first-order valence-corrected chi connectivity index (χ1v) is 9.40. The van der Waals surface area contributed by atoms with Crippen molar-refractivity contribution in [3.05, 3.63) is 65.5 Å². The maximum absolute atomic E-state index is 13.1. The molecule has 0 radical (unpaired) electrons. The van der Waals surface area contributed by atoms with E-state index < -0.39 is 0 Å². The average Bonchev–Trinajstić information content (AvgIpc) is 2.68. The van der Waals surface area contributed by atoms with Crippen molar-refractivity contribution < 1.29 is 23.5 Å². The Hall–Kier alpha value is -3.06. The first-order valence-electron chi connectivity index (χ1n) is 9.40. The van der Waals surface area contributed by atoms with Gasteiger partial charge in [-0.3, -0.25) is 19.3 Å². The molecule has 0 saturated heterocycles. The molecule has 1 amide bonds. The molecule has 0 aliphatic rings. The van der Waals surface area contributed by atoms with Crippen LogP contribution in [0.15, 0.2) is 48.5 Å². The van der Waals surface area contributed by atoms with E-state index >= 15 is 0 Å². The van der Waals surface area contributed by atoms with Crippen molar-refractivity contribution in [3.8, 4) is 0 Å². The molecule has 0 unspecified atom stereocenters. The summed E-state index contributed by atoms with van der Waals surface area (Å²) in [5, 5.41) is 2.77. The summed E-state index contributed by atoms with van der Waals surface area (Å²) in [4.78, 5) is 37.2.